The molecule has 1 heterocycles. The van der Waals surface area contributed by atoms with E-state index in [1.54, 1.807) is 0 Å². The highest BCUT2D eigenvalue weighted by Crippen LogP contribution is 2.07. The minimum absolute atomic E-state index is 0.00459. The molecule has 19 heavy (non-hydrogen) atoms. The lowest BCUT2D eigenvalue weighted by molar-refractivity contribution is 0.580. The normalized spacial score (nSPS) is 11.4. The highest BCUT2D eigenvalue weighted by atomic mass is 35.5. The fourth-order valence-corrected chi connectivity index (χ4v) is 2.51. The maximum absolute atomic E-state index is 11.9. The Morgan fingerprint density at radius 2 is 1.74 bits per heavy atom. The second-order valence-electron chi connectivity index (χ2n) is 3.82. The summed E-state index contributed by atoms with van der Waals surface area (Å²) in [5.74, 6) is 0. The van der Waals surface area contributed by atoms with Crippen molar-refractivity contribution in [3.05, 3.63) is 53.6 Å². The Morgan fingerprint density at radius 3 is 2.37 bits per heavy atom. The van der Waals surface area contributed by atoms with Gasteiger partial charge in [0, 0.05) is 6.54 Å². The Hall–Kier alpha value is -1.50. The number of sulfonamides is 1. The van der Waals surface area contributed by atoms with Crippen LogP contribution in [0, 0.1) is 0 Å². The number of rotatable bonds is 5. The molecule has 1 N–H and O–H groups in total. The summed E-state index contributed by atoms with van der Waals surface area (Å²) in [6, 6.07) is 9.63. The molecule has 2 rings (SSSR count). The van der Waals surface area contributed by atoms with Gasteiger partial charge in [-0.15, -0.1) is 0 Å². The second kappa shape index (κ2) is 6.10. The molecular weight excluding hydrogens is 286 g/mol. The lowest BCUT2D eigenvalue weighted by Gasteiger charge is -2.06. The van der Waals surface area contributed by atoms with Crippen molar-refractivity contribution >= 4 is 21.6 Å². The molecule has 2 aromatic rings. The van der Waals surface area contributed by atoms with Gasteiger partial charge in [-0.3, -0.25) is 0 Å². The van der Waals surface area contributed by atoms with Gasteiger partial charge in [-0.05, 0) is 23.6 Å². The average Bonchev–Trinajstić information content (AvgIpc) is 2.40. The van der Waals surface area contributed by atoms with Crippen molar-refractivity contribution in [2.75, 3.05) is 6.54 Å². The molecule has 0 bridgehead atoms. The summed E-state index contributed by atoms with van der Waals surface area (Å²) in [4.78, 5) is 7.30. The first-order chi connectivity index (χ1) is 9.08. The monoisotopic (exact) mass is 297 g/mol. The average molecular weight is 298 g/mol. The molecule has 0 saturated carbocycles. The first kappa shape index (κ1) is 13.9. The topological polar surface area (TPSA) is 72.0 Å². The molecule has 0 atom stereocenters. The molecule has 0 radical (unpaired) electrons. The van der Waals surface area contributed by atoms with Crippen molar-refractivity contribution in [3.8, 4) is 0 Å². The molecule has 0 amide bonds. The number of hydrogen-bond acceptors (Lipinski definition) is 4. The van der Waals surface area contributed by atoms with Gasteiger partial charge in [0.05, 0.1) is 12.4 Å². The molecule has 1 aromatic carbocycles. The van der Waals surface area contributed by atoms with Crippen LogP contribution >= 0.6 is 11.6 Å². The SMILES string of the molecule is O=S(=O)(NCCc1ccccc1)c1cnc(Cl)nc1. The lowest BCUT2D eigenvalue weighted by Crippen LogP contribution is -2.26. The van der Waals surface area contributed by atoms with Crippen molar-refractivity contribution in [2.24, 2.45) is 0 Å². The first-order valence-corrected chi connectivity index (χ1v) is 7.45. The molecule has 0 aliphatic rings. The molecule has 7 heteroatoms. The highest BCUT2D eigenvalue weighted by molar-refractivity contribution is 7.89. The number of benzene rings is 1. The van der Waals surface area contributed by atoms with Gasteiger partial charge in [0.25, 0.3) is 0 Å². The standard InChI is InChI=1S/C12H12ClN3O2S/c13-12-14-8-11(9-15-12)19(17,18)16-7-6-10-4-2-1-3-5-10/h1-5,8-9,16H,6-7H2. The van der Waals surface area contributed by atoms with Crippen LogP contribution in [0.1, 0.15) is 5.56 Å². The highest BCUT2D eigenvalue weighted by Gasteiger charge is 2.14. The van der Waals surface area contributed by atoms with Crippen molar-refractivity contribution in [2.45, 2.75) is 11.3 Å². The predicted molar refractivity (Wildman–Crippen MR) is 72.4 cm³/mol. The van der Waals surface area contributed by atoms with Gasteiger partial charge in [-0.2, -0.15) is 0 Å². The predicted octanol–water partition coefficient (Wildman–Crippen LogP) is 1.65. The Bertz CT molecular complexity index is 630. The molecule has 0 spiro atoms. The van der Waals surface area contributed by atoms with Gasteiger partial charge >= 0.3 is 0 Å². The van der Waals surface area contributed by atoms with E-state index >= 15 is 0 Å². The van der Waals surface area contributed by atoms with Gasteiger partial charge in [-0.1, -0.05) is 30.3 Å². The Labute approximate surface area is 116 Å². The molecule has 0 unspecified atom stereocenters. The van der Waals surface area contributed by atoms with Crippen molar-refractivity contribution in [1.29, 1.82) is 0 Å². The molecule has 5 nitrogen and oxygen atoms in total. The third kappa shape index (κ3) is 3.99. The van der Waals surface area contributed by atoms with Gasteiger partial charge in [0.15, 0.2) is 0 Å². The summed E-state index contributed by atoms with van der Waals surface area (Å²) >= 11 is 5.51. The van der Waals surface area contributed by atoms with Gasteiger partial charge < -0.3 is 0 Å². The number of nitrogens with zero attached hydrogens (tertiary/aromatic N) is 2. The van der Waals surface area contributed by atoms with E-state index in [1.165, 1.54) is 12.4 Å². The van der Waals surface area contributed by atoms with Crippen LogP contribution in [0.25, 0.3) is 0 Å². The minimum Gasteiger partial charge on any atom is -0.225 e. The lowest BCUT2D eigenvalue weighted by atomic mass is 10.2. The smallest absolute Gasteiger partial charge is 0.225 e. The number of nitrogens with one attached hydrogen (secondary N) is 1. The minimum atomic E-state index is -3.58. The molecule has 1 aromatic heterocycles. The first-order valence-electron chi connectivity index (χ1n) is 5.59. The molecule has 0 saturated heterocycles. The maximum atomic E-state index is 11.9. The van der Waals surface area contributed by atoms with Crippen molar-refractivity contribution < 1.29 is 8.42 Å². The van der Waals surface area contributed by atoms with Crippen molar-refractivity contribution in [1.82, 2.24) is 14.7 Å². The number of aromatic nitrogens is 2. The summed E-state index contributed by atoms with van der Waals surface area (Å²) in [7, 11) is -3.58. The molecule has 0 aliphatic heterocycles. The Kier molecular flexibility index (Phi) is 4.47. The van der Waals surface area contributed by atoms with E-state index in [2.05, 4.69) is 14.7 Å². The summed E-state index contributed by atoms with van der Waals surface area (Å²) in [5.41, 5.74) is 1.07. The van der Waals surface area contributed by atoms with Crippen LogP contribution in [0.15, 0.2) is 47.6 Å². The number of hydrogen-bond donors (Lipinski definition) is 1. The van der Waals surface area contributed by atoms with E-state index in [9.17, 15) is 8.42 Å². The summed E-state index contributed by atoms with van der Waals surface area (Å²) in [6.07, 6.45) is 2.98. The van der Waals surface area contributed by atoms with E-state index in [1.807, 2.05) is 30.3 Å². The summed E-state index contributed by atoms with van der Waals surface area (Å²) in [5, 5.41) is 0.0169. The van der Waals surface area contributed by atoms with E-state index in [0.717, 1.165) is 5.56 Å². The van der Waals surface area contributed by atoms with Crippen LogP contribution in [0.4, 0.5) is 0 Å². The van der Waals surface area contributed by atoms with E-state index < -0.39 is 10.0 Å². The van der Waals surface area contributed by atoms with Gasteiger partial charge in [-0.25, -0.2) is 23.1 Å². The summed E-state index contributed by atoms with van der Waals surface area (Å²) < 4.78 is 26.3. The van der Waals surface area contributed by atoms with Crippen LogP contribution in [0.2, 0.25) is 5.28 Å². The van der Waals surface area contributed by atoms with Gasteiger partial charge in [0.1, 0.15) is 4.90 Å². The second-order valence-corrected chi connectivity index (χ2v) is 5.93. The third-order valence-corrected chi connectivity index (χ3v) is 4.07. The Morgan fingerprint density at radius 1 is 1.11 bits per heavy atom. The third-order valence-electron chi connectivity index (χ3n) is 2.46. The van der Waals surface area contributed by atoms with Crippen molar-refractivity contribution in [3.63, 3.8) is 0 Å². The molecular formula is C12H12ClN3O2S. The van der Waals surface area contributed by atoms with Crippen LogP contribution in [0.3, 0.4) is 0 Å². The van der Waals surface area contributed by atoms with Gasteiger partial charge in [0.2, 0.25) is 15.3 Å². The number of halogens is 1. The zero-order valence-corrected chi connectivity index (χ0v) is 11.5. The summed E-state index contributed by atoms with van der Waals surface area (Å²) in [6.45, 7) is 0.314. The Balaban J connectivity index is 1.97. The zero-order valence-electron chi connectivity index (χ0n) is 9.95. The maximum Gasteiger partial charge on any atom is 0.243 e. The van der Waals surface area contributed by atoms with Crippen LogP contribution in [0.5, 0.6) is 0 Å². The van der Waals surface area contributed by atoms with E-state index in [-0.39, 0.29) is 10.2 Å². The fourth-order valence-electron chi connectivity index (χ4n) is 1.50. The fraction of sp³-hybridized carbons (Fsp3) is 0.167. The quantitative estimate of drug-likeness (QED) is 0.852. The van der Waals surface area contributed by atoms with Crippen LogP contribution in [-0.4, -0.2) is 24.9 Å². The molecule has 0 fully saturated rings. The molecule has 0 aliphatic carbocycles. The van der Waals surface area contributed by atoms with E-state index in [0.29, 0.717) is 13.0 Å². The largest absolute Gasteiger partial charge is 0.243 e. The van der Waals surface area contributed by atoms with Crippen LogP contribution < -0.4 is 4.72 Å². The zero-order chi connectivity index (χ0) is 13.7. The van der Waals surface area contributed by atoms with Crippen LogP contribution in [-0.2, 0) is 16.4 Å². The molecule has 100 valence electrons. The van der Waals surface area contributed by atoms with E-state index in [4.69, 9.17) is 11.6 Å².